The van der Waals surface area contributed by atoms with E-state index in [-0.39, 0.29) is 0 Å². The van der Waals surface area contributed by atoms with Gasteiger partial charge >= 0.3 is 0 Å². The van der Waals surface area contributed by atoms with E-state index < -0.39 is 0 Å². The number of anilines is 3. The first kappa shape index (κ1) is 34.0. The standard InChI is InChI=1S/C56H35NS2/c1-2-14-36(15-3-1)42-33-32-40(35-51(42)49-23-12-22-47-45-20-8-10-26-53(45)58-55(47)49)57(52-25-13-24-48-46-21-9-11-27-54(46)59-56(48)52)39-30-28-37(29-31-39)50-34-38-16-4-5-17-41(38)43-18-6-7-19-44(43)50/h1-35H. The van der Waals surface area contributed by atoms with Crippen molar-refractivity contribution < 1.29 is 0 Å². The third-order valence-electron chi connectivity index (χ3n) is 11.9. The maximum absolute atomic E-state index is 2.48. The van der Waals surface area contributed by atoms with Gasteiger partial charge in [0.15, 0.2) is 0 Å². The van der Waals surface area contributed by atoms with E-state index >= 15 is 0 Å². The molecule has 3 heteroatoms. The van der Waals surface area contributed by atoms with Crippen LogP contribution >= 0.6 is 22.7 Å². The van der Waals surface area contributed by atoms with Gasteiger partial charge in [-0.15, -0.1) is 22.7 Å². The lowest BCUT2D eigenvalue weighted by molar-refractivity contribution is 1.30. The topological polar surface area (TPSA) is 3.24 Å². The Morgan fingerprint density at radius 1 is 0.288 bits per heavy atom. The predicted molar refractivity (Wildman–Crippen MR) is 258 cm³/mol. The highest BCUT2D eigenvalue weighted by molar-refractivity contribution is 7.26. The summed E-state index contributed by atoms with van der Waals surface area (Å²) in [6.45, 7) is 0. The Morgan fingerprint density at radius 3 is 1.61 bits per heavy atom. The summed E-state index contributed by atoms with van der Waals surface area (Å²) in [6.07, 6.45) is 0. The van der Waals surface area contributed by atoms with Crippen molar-refractivity contribution in [3.8, 4) is 33.4 Å². The fourth-order valence-corrected chi connectivity index (χ4v) is 11.6. The first-order valence-corrected chi connectivity index (χ1v) is 21.7. The highest BCUT2D eigenvalue weighted by Crippen LogP contribution is 2.49. The van der Waals surface area contributed by atoms with Crippen LogP contribution in [0.5, 0.6) is 0 Å². The largest absolute Gasteiger partial charge is 0.309 e. The number of hydrogen-bond donors (Lipinski definition) is 0. The molecule has 0 saturated carbocycles. The van der Waals surface area contributed by atoms with Gasteiger partial charge in [0.2, 0.25) is 0 Å². The molecule has 0 atom stereocenters. The van der Waals surface area contributed by atoms with Crippen molar-refractivity contribution in [2.75, 3.05) is 4.90 Å². The lowest BCUT2D eigenvalue weighted by Gasteiger charge is -2.27. The summed E-state index contributed by atoms with van der Waals surface area (Å²) in [5.74, 6) is 0. The summed E-state index contributed by atoms with van der Waals surface area (Å²) in [4.78, 5) is 2.48. The van der Waals surface area contributed by atoms with Gasteiger partial charge in [-0.2, -0.15) is 0 Å². The molecule has 0 unspecified atom stereocenters. The second-order valence-corrected chi connectivity index (χ2v) is 17.3. The molecule has 0 N–H and O–H groups in total. The van der Waals surface area contributed by atoms with Gasteiger partial charge in [-0.3, -0.25) is 0 Å². The molecule has 0 fully saturated rings. The van der Waals surface area contributed by atoms with E-state index in [1.807, 2.05) is 22.7 Å². The zero-order chi connectivity index (χ0) is 38.9. The van der Waals surface area contributed by atoms with Crippen LogP contribution in [0.3, 0.4) is 0 Å². The summed E-state index contributed by atoms with van der Waals surface area (Å²) in [6, 6.07) is 78.2. The minimum Gasteiger partial charge on any atom is -0.309 e. The summed E-state index contributed by atoms with van der Waals surface area (Å²) in [5, 5.41) is 10.3. The van der Waals surface area contributed by atoms with Crippen LogP contribution in [0.1, 0.15) is 0 Å². The van der Waals surface area contributed by atoms with Gasteiger partial charge in [-0.25, -0.2) is 0 Å². The van der Waals surface area contributed by atoms with Crippen molar-refractivity contribution >= 4 is 102 Å². The molecule has 0 bridgehead atoms. The van der Waals surface area contributed by atoms with Gasteiger partial charge in [0, 0.05) is 52.6 Å². The minimum absolute atomic E-state index is 1.11. The molecule has 10 aromatic carbocycles. The van der Waals surface area contributed by atoms with Crippen LogP contribution < -0.4 is 4.90 Å². The Bertz CT molecular complexity index is 3560. The lowest BCUT2D eigenvalue weighted by Crippen LogP contribution is -2.10. The molecule has 0 amide bonds. The molecule has 0 aliphatic carbocycles. The van der Waals surface area contributed by atoms with Crippen LogP contribution in [0, 0.1) is 0 Å². The molecule has 0 aliphatic rings. The van der Waals surface area contributed by atoms with Crippen molar-refractivity contribution in [2.45, 2.75) is 0 Å². The fourth-order valence-electron chi connectivity index (χ4n) is 9.14. The summed E-state index contributed by atoms with van der Waals surface area (Å²) in [7, 11) is 0. The van der Waals surface area contributed by atoms with Gasteiger partial charge in [0.25, 0.3) is 0 Å². The highest BCUT2D eigenvalue weighted by Gasteiger charge is 2.22. The van der Waals surface area contributed by atoms with Crippen molar-refractivity contribution in [1.29, 1.82) is 0 Å². The quantitative estimate of drug-likeness (QED) is 0.152. The average Bonchev–Trinajstić information content (AvgIpc) is 3.89. The van der Waals surface area contributed by atoms with Gasteiger partial charge in [-0.05, 0) is 97.9 Å². The summed E-state index contributed by atoms with van der Waals surface area (Å²) >= 11 is 3.76. The molecule has 0 spiro atoms. The van der Waals surface area contributed by atoms with Crippen LogP contribution in [-0.4, -0.2) is 0 Å². The number of thiophene rings is 2. The molecule has 0 saturated heterocycles. The molecule has 276 valence electrons. The van der Waals surface area contributed by atoms with Crippen LogP contribution in [0.4, 0.5) is 17.1 Å². The van der Waals surface area contributed by atoms with Crippen LogP contribution in [-0.2, 0) is 0 Å². The van der Waals surface area contributed by atoms with Crippen molar-refractivity contribution in [3.05, 3.63) is 212 Å². The normalized spacial score (nSPS) is 11.7. The first-order valence-electron chi connectivity index (χ1n) is 20.1. The monoisotopic (exact) mass is 785 g/mol. The molecule has 0 aliphatic heterocycles. The van der Waals surface area contributed by atoms with E-state index in [9.17, 15) is 0 Å². The number of fused-ring (bicyclic) bond motifs is 9. The van der Waals surface area contributed by atoms with E-state index in [2.05, 4.69) is 217 Å². The van der Waals surface area contributed by atoms with Gasteiger partial charge < -0.3 is 4.90 Å². The molecular weight excluding hydrogens is 751 g/mol. The van der Waals surface area contributed by atoms with Crippen molar-refractivity contribution in [2.24, 2.45) is 0 Å². The maximum Gasteiger partial charge on any atom is 0.0640 e. The Hall–Kier alpha value is -7.04. The SMILES string of the molecule is c1ccc(-c2ccc(N(c3ccc(-c4cc5ccccc5c5ccccc45)cc3)c3cccc4c3sc3ccccc34)cc2-c2cccc3c2sc2ccccc23)cc1. The molecular formula is C56H35NS2. The number of benzene rings is 10. The Balaban J connectivity index is 1.10. The minimum atomic E-state index is 1.11. The Kier molecular flexibility index (Phi) is 7.97. The Morgan fingerprint density at radius 2 is 0.847 bits per heavy atom. The maximum atomic E-state index is 2.48. The fraction of sp³-hybridized carbons (Fsp3) is 0. The number of hydrogen-bond acceptors (Lipinski definition) is 3. The van der Waals surface area contributed by atoms with Crippen LogP contribution in [0.25, 0.3) is 95.3 Å². The molecule has 12 rings (SSSR count). The molecule has 2 heterocycles. The zero-order valence-corrected chi connectivity index (χ0v) is 33.6. The van der Waals surface area contributed by atoms with Gasteiger partial charge in [-0.1, -0.05) is 164 Å². The predicted octanol–water partition coefficient (Wildman–Crippen LogP) is 17.2. The van der Waals surface area contributed by atoms with Crippen LogP contribution in [0.15, 0.2) is 212 Å². The summed E-state index contributed by atoms with van der Waals surface area (Å²) < 4.78 is 5.20. The second kappa shape index (κ2) is 13.8. The van der Waals surface area contributed by atoms with Crippen molar-refractivity contribution in [3.63, 3.8) is 0 Å². The zero-order valence-electron chi connectivity index (χ0n) is 32.0. The van der Waals surface area contributed by atoms with E-state index in [0.29, 0.717) is 0 Å². The average molecular weight is 786 g/mol. The lowest BCUT2D eigenvalue weighted by atomic mass is 9.92. The molecule has 1 nitrogen and oxygen atoms in total. The number of nitrogens with zero attached hydrogens (tertiary/aromatic N) is 1. The number of rotatable bonds is 6. The third kappa shape index (κ3) is 5.58. The second-order valence-electron chi connectivity index (χ2n) is 15.2. The van der Waals surface area contributed by atoms with Crippen molar-refractivity contribution in [1.82, 2.24) is 0 Å². The smallest absolute Gasteiger partial charge is 0.0640 e. The molecule has 2 aromatic heterocycles. The summed E-state index contributed by atoms with van der Waals surface area (Å²) in [5.41, 5.74) is 10.7. The van der Waals surface area contributed by atoms with E-state index in [1.165, 1.54) is 101 Å². The molecule has 59 heavy (non-hydrogen) atoms. The first-order chi connectivity index (χ1) is 29.3. The third-order valence-corrected chi connectivity index (χ3v) is 14.3. The highest BCUT2D eigenvalue weighted by atomic mass is 32.1. The molecule has 0 radical (unpaired) electrons. The molecule has 12 aromatic rings. The van der Waals surface area contributed by atoms with Gasteiger partial charge in [0.1, 0.15) is 0 Å². The van der Waals surface area contributed by atoms with Crippen LogP contribution in [0.2, 0.25) is 0 Å². The Labute approximate surface area is 350 Å². The van der Waals surface area contributed by atoms with E-state index in [0.717, 1.165) is 11.4 Å². The van der Waals surface area contributed by atoms with Gasteiger partial charge in [0.05, 0.1) is 10.4 Å². The van der Waals surface area contributed by atoms with E-state index in [1.54, 1.807) is 0 Å². The van der Waals surface area contributed by atoms with E-state index in [4.69, 9.17) is 0 Å².